The molecule has 3 radical (unpaired) electrons. The summed E-state index contributed by atoms with van der Waals surface area (Å²) in [5, 5.41) is 0. The van der Waals surface area contributed by atoms with Gasteiger partial charge in [0.25, 0.3) is 0 Å². The van der Waals surface area contributed by atoms with Crippen LogP contribution in [0.2, 0.25) is 0 Å². The Morgan fingerprint density at radius 3 is 2.30 bits per heavy atom. The summed E-state index contributed by atoms with van der Waals surface area (Å²) in [6.45, 7) is 1.83. The second kappa shape index (κ2) is 5.71. The predicted molar refractivity (Wildman–Crippen MR) is 71.6 cm³/mol. The van der Waals surface area contributed by atoms with Crippen molar-refractivity contribution in [2.45, 2.75) is 19.1 Å². The summed E-state index contributed by atoms with van der Waals surface area (Å²) in [5.41, 5.74) is 0.726. The molecule has 0 aliphatic rings. The largest absolute Gasteiger partial charge is 0.429 e. The summed E-state index contributed by atoms with van der Waals surface area (Å²) >= 11 is 0. The summed E-state index contributed by atoms with van der Waals surface area (Å²) < 4.78 is 46.3. The maximum absolute atomic E-state index is 14.0. The van der Waals surface area contributed by atoms with Gasteiger partial charge < -0.3 is 4.74 Å². The highest BCUT2D eigenvalue weighted by atomic mass is 28.1. The Labute approximate surface area is 118 Å². The summed E-state index contributed by atoms with van der Waals surface area (Å²) in [6, 6.07) is 10.1. The maximum Gasteiger partial charge on any atom is 0.429 e. The van der Waals surface area contributed by atoms with E-state index in [9.17, 15) is 13.2 Å². The van der Waals surface area contributed by atoms with Gasteiger partial charge in [-0.1, -0.05) is 23.8 Å². The lowest BCUT2D eigenvalue weighted by Gasteiger charge is -2.19. The van der Waals surface area contributed by atoms with E-state index in [4.69, 9.17) is 0 Å². The van der Waals surface area contributed by atoms with Crippen LogP contribution in [0.4, 0.5) is 13.2 Å². The summed E-state index contributed by atoms with van der Waals surface area (Å²) in [5.74, 6) is -0.998. The number of aryl methyl sites for hydroxylation is 1. The molecule has 0 aromatic heterocycles. The number of rotatable bonds is 4. The van der Waals surface area contributed by atoms with Crippen molar-refractivity contribution in [1.82, 2.24) is 0 Å². The normalized spacial score (nSPS) is 11.4. The van der Waals surface area contributed by atoms with Crippen molar-refractivity contribution in [2.75, 3.05) is 0 Å². The third-order valence-corrected chi connectivity index (χ3v) is 3.23. The minimum absolute atomic E-state index is 0.0100. The highest BCUT2D eigenvalue weighted by Crippen LogP contribution is 2.33. The van der Waals surface area contributed by atoms with Crippen molar-refractivity contribution in [3.63, 3.8) is 0 Å². The molecule has 0 heterocycles. The number of halogens is 3. The highest BCUT2D eigenvalue weighted by Gasteiger charge is 2.37. The molecule has 1 nitrogen and oxygen atoms in total. The molecule has 2 rings (SSSR count). The Balaban J connectivity index is 2.27. The van der Waals surface area contributed by atoms with Crippen LogP contribution in [0.25, 0.3) is 0 Å². The summed E-state index contributed by atoms with van der Waals surface area (Å²) in [7, 11) is 3.19. The number of ether oxygens (including phenoxy) is 1. The van der Waals surface area contributed by atoms with Gasteiger partial charge in [-0.3, -0.25) is 0 Å². The van der Waals surface area contributed by atoms with Gasteiger partial charge in [-0.05, 0) is 42.8 Å². The fraction of sp³-hybridized carbons (Fsp3) is 0.200. The smallest absolute Gasteiger partial charge is 0.429 e. The molecule has 20 heavy (non-hydrogen) atoms. The van der Waals surface area contributed by atoms with E-state index in [-0.39, 0.29) is 5.75 Å². The molecular weight excluding hydrogens is 281 g/mol. The second-order valence-corrected chi connectivity index (χ2v) is 4.78. The topological polar surface area (TPSA) is 9.23 Å². The van der Waals surface area contributed by atoms with E-state index in [1.807, 2.05) is 6.92 Å². The van der Waals surface area contributed by atoms with Crippen molar-refractivity contribution < 1.29 is 17.9 Å². The van der Waals surface area contributed by atoms with Crippen LogP contribution in [0.3, 0.4) is 0 Å². The first-order valence-electron chi connectivity index (χ1n) is 5.99. The average Bonchev–Trinajstić information content (AvgIpc) is 2.40. The van der Waals surface area contributed by atoms with Gasteiger partial charge in [0.1, 0.15) is 11.6 Å². The van der Waals surface area contributed by atoms with Crippen molar-refractivity contribution in [2.24, 2.45) is 0 Å². The van der Waals surface area contributed by atoms with E-state index < -0.39 is 17.5 Å². The van der Waals surface area contributed by atoms with Gasteiger partial charge in [-0.2, -0.15) is 8.78 Å². The zero-order valence-corrected chi connectivity index (χ0v) is 11.8. The number of hydrogen-bond acceptors (Lipinski definition) is 1. The quantitative estimate of drug-likeness (QED) is 0.776. The highest BCUT2D eigenvalue weighted by molar-refractivity contribution is 6.08. The molecule has 0 fully saturated rings. The van der Waals surface area contributed by atoms with Crippen LogP contribution in [-0.2, 0) is 12.2 Å². The van der Waals surface area contributed by atoms with Gasteiger partial charge in [0.2, 0.25) is 0 Å². The molecule has 0 spiro atoms. The zero-order chi connectivity index (χ0) is 14.8. The van der Waals surface area contributed by atoms with Crippen molar-refractivity contribution in [3.8, 4) is 5.75 Å². The van der Waals surface area contributed by atoms with E-state index in [2.05, 4.69) is 15.0 Å². The molecule has 0 N–H and O–H groups in total. The van der Waals surface area contributed by atoms with Crippen molar-refractivity contribution in [1.29, 1.82) is 0 Å². The van der Waals surface area contributed by atoms with Crippen LogP contribution < -0.4 is 4.74 Å². The fourth-order valence-electron chi connectivity index (χ4n) is 1.71. The molecule has 0 saturated heterocycles. The predicted octanol–water partition coefficient (Wildman–Crippen LogP) is 3.93. The minimum Gasteiger partial charge on any atom is -0.429 e. The molecule has 0 unspecified atom stereocenters. The van der Waals surface area contributed by atoms with E-state index in [1.54, 1.807) is 12.1 Å². The first kappa shape index (κ1) is 14.7. The van der Waals surface area contributed by atoms with Crippen LogP contribution in [0.1, 0.15) is 16.7 Å². The van der Waals surface area contributed by atoms with Crippen LogP contribution in [-0.4, -0.2) is 10.2 Å². The fourth-order valence-corrected chi connectivity index (χ4v) is 1.93. The van der Waals surface area contributed by atoms with E-state index in [0.717, 1.165) is 17.7 Å². The standard InChI is InChI=1S/C15H12F3OSi/c1-10-2-5-12(6-3-10)19-15(17,18)13-7-4-11(9-20)8-14(13)16/h2-8H,9H2,1H3. The van der Waals surface area contributed by atoms with Gasteiger partial charge in [0, 0.05) is 10.2 Å². The molecule has 0 aliphatic heterocycles. The van der Waals surface area contributed by atoms with E-state index in [1.165, 1.54) is 18.2 Å². The second-order valence-electron chi connectivity index (χ2n) is 4.42. The molecule has 0 bridgehead atoms. The van der Waals surface area contributed by atoms with Crippen LogP contribution in [0, 0.1) is 12.7 Å². The first-order chi connectivity index (χ1) is 9.42. The van der Waals surface area contributed by atoms with Crippen LogP contribution in [0.15, 0.2) is 42.5 Å². The molecule has 5 heteroatoms. The summed E-state index contributed by atoms with van der Waals surface area (Å²) in [6.07, 6.45) is -3.72. The SMILES string of the molecule is Cc1ccc(OC(F)(F)c2ccc(C[Si])cc2F)cc1. The van der Waals surface area contributed by atoms with Gasteiger partial charge >= 0.3 is 6.11 Å². The van der Waals surface area contributed by atoms with Gasteiger partial charge in [0.15, 0.2) is 0 Å². The van der Waals surface area contributed by atoms with Crippen molar-refractivity contribution in [3.05, 3.63) is 65.0 Å². The van der Waals surface area contributed by atoms with E-state index >= 15 is 0 Å². The lowest BCUT2D eigenvalue weighted by molar-refractivity contribution is -0.187. The molecule has 103 valence electrons. The third-order valence-electron chi connectivity index (χ3n) is 2.82. The Morgan fingerprint density at radius 2 is 1.75 bits per heavy atom. The first-order valence-corrected chi connectivity index (χ1v) is 6.70. The molecular formula is C15H12F3OSi. The molecule has 2 aromatic rings. The molecule has 0 saturated carbocycles. The van der Waals surface area contributed by atoms with Gasteiger partial charge in [-0.25, -0.2) is 4.39 Å². The molecule has 2 aromatic carbocycles. The monoisotopic (exact) mass is 293 g/mol. The Bertz CT molecular complexity index is 597. The average molecular weight is 293 g/mol. The number of hydrogen-bond donors (Lipinski definition) is 0. The van der Waals surface area contributed by atoms with Gasteiger partial charge in [-0.15, -0.1) is 0 Å². The maximum atomic E-state index is 14.0. The Hall–Kier alpha value is -1.75. The van der Waals surface area contributed by atoms with Crippen molar-refractivity contribution >= 4 is 10.2 Å². The number of alkyl halides is 2. The zero-order valence-electron chi connectivity index (χ0n) is 10.8. The third kappa shape index (κ3) is 3.22. The molecule has 0 atom stereocenters. The molecule has 0 amide bonds. The van der Waals surface area contributed by atoms with Gasteiger partial charge in [0.05, 0.1) is 5.56 Å². The number of benzene rings is 2. The summed E-state index contributed by atoms with van der Waals surface area (Å²) in [4.78, 5) is 0. The lowest BCUT2D eigenvalue weighted by Crippen LogP contribution is -2.23. The van der Waals surface area contributed by atoms with E-state index in [0.29, 0.717) is 11.6 Å². The Kier molecular flexibility index (Phi) is 4.18. The Morgan fingerprint density at radius 1 is 1.10 bits per heavy atom. The lowest BCUT2D eigenvalue weighted by atomic mass is 10.1. The molecule has 0 aliphatic carbocycles. The van der Waals surface area contributed by atoms with Crippen LogP contribution in [0.5, 0.6) is 5.75 Å². The minimum atomic E-state index is -3.72. The van der Waals surface area contributed by atoms with Crippen LogP contribution >= 0.6 is 0 Å².